The normalized spacial score (nSPS) is 36.8. The average molecular weight is 266 g/mol. The van der Waals surface area contributed by atoms with Gasteiger partial charge in [-0.1, -0.05) is 48.6 Å². The highest BCUT2D eigenvalue weighted by molar-refractivity contribution is 5.96. The first kappa shape index (κ1) is 12.1. The number of fused-ring (bicyclic) bond motifs is 5. The van der Waals surface area contributed by atoms with E-state index in [1.54, 1.807) is 6.08 Å². The van der Waals surface area contributed by atoms with Crippen molar-refractivity contribution in [3.8, 4) is 0 Å². The number of ketones is 1. The van der Waals surface area contributed by atoms with Gasteiger partial charge in [0.15, 0.2) is 5.78 Å². The van der Waals surface area contributed by atoms with Crippen molar-refractivity contribution in [3.05, 3.63) is 60.2 Å². The summed E-state index contributed by atoms with van der Waals surface area (Å²) in [6.45, 7) is 1.28. The van der Waals surface area contributed by atoms with Gasteiger partial charge in [-0.05, 0) is 29.9 Å². The molecule has 2 heteroatoms. The fraction of sp³-hybridized carbons (Fsp3) is 0.389. The van der Waals surface area contributed by atoms with Crippen LogP contribution in [0.2, 0.25) is 0 Å². The third-order valence-electron chi connectivity index (χ3n) is 5.14. The number of rotatable bonds is 4. The summed E-state index contributed by atoms with van der Waals surface area (Å²) in [6.07, 6.45) is 9.54. The lowest BCUT2D eigenvalue weighted by Gasteiger charge is -2.34. The largest absolute Gasteiger partial charge is 0.376 e. The molecule has 3 aliphatic rings. The molecule has 3 aliphatic carbocycles. The van der Waals surface area contributed by atoms with Crippen molar-refractivity contribution in [2.45, 2.75) is 13.0 Å². The minimum Gasteiger partial charge on any atom is -0.376 e. The van der Waals surface area contributed by atoms with E-state index in [-0.39, 0.29) is 11.3 Å². The molecule has 20 heavy (non-hydrogen) atoms. The van der Waals surface area contributed by atoms with Gasteiger partial charge in [0.05, 0.1) is 13.2 Å². The first-order valence-corrected chi connectivity index (χ1v) is 7.33. The van der Waals surface area contributed by atoms with Gasteiger partial charge in [-0.3, -0.25) is 4.79 Å². The number of carbonyl (C=O) groups excluding carboxylic acids is 1. The van der Waals surface area contributed by atoms with E-state index in [9.17, 15) is 4.79 Å². The molecule has 0 amide bonds. The maximum absolute atomic E-state index is 12.1. The number of hydrogen-bond acceptors (Lipinski definition) is 2. The van der Waals surface area contributed by atoms with Crippen molar-refractivity contribution < 1.29 is 9.53 Å². The van der Waals surface area contributed by atoms with Crippen molar-refractivity contribution in [2.24, 2.45) is 23.2 Å². The summed E-state index contributed by atoms with van der Waals surface area (Å²) in [7, 11) is 0. The molecule has 0 unspecified atom stereocenters. The fourth-order valence-electron chi connectivity index (χ4n) is 4.21. The molecule has 0 saturated heterocycles. The van der Waals surface area contributed by atoms with E-state index in [0.29, 0.717) is 30.8 Å². The summed E-state index contributed by atoms with van der Waals surface area (Å²) >= 11 is 0. The Labute approximate surface area is 119 Å². The Morgan fingerprint density at radius 1 is 1.20 bits per heavy atom. The molecule has 1 aromatic rings. The maximum Gasteiger partial charge on any atom is 0.160 e. The first-order chi connectivity index (χ1) is 9.79. The van der Waals surface area contributed by atoms with Gasteiger partial charge in [0.25, 0.3) is 0 Å². The predicted octanol–water partition coefficient (Wildman–Crippen LogP) is 3.15. The molecule has 1 saturated carbocycles. The molecular formula is C18H18O2. The Balaban J connectivity index is 1.49. The van der Waals surface area contributed by atoms with Crippen molar-refractivity contribution >= 4 is 5.78 Å². The minimum atomic E-state index is -0.0642. The van der Waals surface area contributed by atoms with E-state index >= 15 is 0 Å². The summed E-state index contributed by atoms with van der Waals surface area (Å²) in [5.74, 6) is 1.34. The van der Waals surface area contributed by atoms with Crippen LogP contribution in [-0.2, 0) is 16.1 Å². The monoisotopic (exact) mass is 266 g/mol. The Kier molecular flexibility index (Phi) is 2.67. The summed E-state index contributed by atoms with van der Waals surface area (Å²) in [5.41, 5.74) is 1.12. The highest BCUT2D eigenvalue weighted by Gasteiger charge is 2.59. The third kappa shape index (κ3) is 1.64. The van der Waals surface area contributed by atoms with E-state index in [4.69, 9.17) is 4.74 Å². The third-order valence-corrected chi connectivity index (χ3v) is 5.14. The van der Waals surface area contributed by atoms with Gasteiger partial charge in [-0.15, -0.1) is 0 Å². The Hall–Kier alpha value is -1.67. The van der Waals surface area contributed by atoms with Crippen molar-refractivity contribution in [3.63, 3.8) is 0 Å². The van der Waals surface area contributed by atoms with Crippen LogP contribution in [0.1, 0.15) is 12.0 Å². The number of allylic oxidation sites excluding steroid dienone is 3. The molecule has 4 atom stereocenters. The molecule has 1 aromatic carbocycles. The van der Waals surface area contributed by atoms with Gasteiger partial charge >= 0.3 is 0 Å². The Morgan fingerprint density at radius 2 is 2.05 bits per heavy atom. The molecule has 102 valence electrons. The predicted molar refractivity (Wildman–Crippen MR) is 76.9 cm³/mol. The maximum atomic E-state index is 12.1. The Morgan fingerprint density at radius 3 is 2.90 bits per heavy atom. The van der Waals surface area contributed by atoms with Crippen LogP contribution in [0.4, 0.5) is 0 Å². The second kappa shape index (κ2) is 4.42. The molecule has 2 nitrogen and oxygen atoms in total. The van der Waals surface area contributed by atoms with Crippen LogP contribution in [-0.4, -0.2) is 12.4 Å². The second-order valence-corrected chi connectivity index (χ2v) is 6.20. The van der Waals surface area contributed by atoms with Crippen molar-refractivity contribution in [1.82, 2.24) is 0 Å². The van der Waals surface area contributed by atoms with Crippen LogP contribution in [0.25, 0.3) is 0 Å². The number of carbonyl (C=O) groups is 1. The SMILES string of the molecule is O=C1C=C[C@]2(COCc3ccccc3)[C@@H]3C=C[C@@H](C3)[C@H]12. The average Bonchev–Trinajstić information content (AvgIpc) is 3.13. The number of hydrogen-bond donors (Lipinski definition) is 0. The highest BCUT2D eigenvalue weighted by atomic mass is 16.5. The minimum absolute atomic E-state index is 0.0642. The molecule has 0 aromatic heterocycles. The first-order valence-electron chi connectivity index (χ1n) is 7.33. The lowest BCUT2D eigenvalue weighted by molar-refractivity contribution is -0.121. The lowest BCUT2D eigenvalue weighted by Crippen LogP contribution is -2.37. The Bertz CT molecular complexity index is 587. The van der Waals surface area contributed by atoms with Crippen LogP contribution in [0.15, 0.2) is 54.6 Å². The van der Waals surface area contributed by atoms with Crippen LogP contribution in [0.5, 0.6) is 0 Å². The smallest absolute Gasteiger partial charge is 0.160 e. The van der Waals surface area contributed by atoms with Crippen molar-refractivity contribution in [1.29, 1.82) is 0 Å². The molecule has 4 rings (SSSR count). The van der Waals surface area contributed by atoms with E-state index in [2.05, 4.69) is 30.4 Å². The molecule has 1 fully saturated rings. The van der Waals surface area contributed by atoms with Gasteiger partial charge in [0.2, 0.25) is 0 Å². The fourth-order valence-corrected chi connectivity index (χ4v) is 4.21. The quantitative estimate of drug-likeness (QED) is 0.783. The molecule has 2 bridgehead atoms. The summed E-state index contributed by atoms with van der Waals surface area (Å²) in [4.78, 5) is 12.1. The molecule has 0 aliphatic heterocycles. The van der Waals surface area contributed by atoms with Gasteiger partial charge in [0.1, 0.15) is 0 Å². The molecule has 0 spiro atoms. The topological polar surface area (TPSA) is 26.3 Å². The van der Waals surface area contributed by atoms with Crippen LogP contribution >= 0.6 is 0 Å². The van der Waals surface area contributed by atoms with Gasteiger partial charge in [-0.25, -0.2) is 0 Å². The van der Waals surface area contributed by atoms with Gasteiger partial charge < -0.3 is 4.74 Å². The van der Waals surface area contributed by atoms with Crippen LogP contribution in [0, 0.1) is 23.2 Å². The van der Waals surface area contributed by atoms with Crippen molar-refractivity contribution in [2.75, 3.05) is 6.61 Å². The second-order valence-electron chi connectivity index (χ2n) is 6.20. The zero-order chi connectivity index (χ0) is 13.6. The van der Waals surface area contributed by atoms with E-state index in [1.165, 1.54) is 5.56 Å². The zero-order valence-electron chi connectivity index (χ0n) is 11.4. The highest BCUT2D eigenvalue weighted by Crippen LogP contribution is 2.59. The molecule has 0 N–H and O–H groups in total. The van der Waals surface area contributed by atoms with Crippen LogP contribution in [0.3, 0.4) is 0 Å². The summed E-state index contributed by atoms with van der Waals surface area (Å²) < 4.78 is 5.97. The van der Waals surface area contributed by atoms with E-state index in [1.807, 2.05) is 18.2 Å². The summed E-state index contributed by atoms with van der Waals surface area (Å²) in [6, 6.07) is 10.2. The zero-order valence-corrected chi connectivity index (χ0v) is 11.4. The van der Waals surface area contributed by atoms with Crippen LogP contribution < -0.4 is 0 Å². The number of ether oxygens (including phenoxy) is 1. The molecule has 0 heterocycles. The standard InChI is InChI=1S/C18H18O2/c19-16-8-9-18(15-7-6-14(10-15)17(16)18)12-20-11-13-4-2-1-3-5-13/h1-9,14-15,17H,10-12H2/t14-,15+,17+,18-/m0/s1. The summed E-state index contributed by atoms with van der Waals surface area (Å²) in [5, 5.41) is 0. The lowest BCUT2D eigenvalue weighted by atomic mass is 9.71. The molecular weight excluding hydrogens is 248 g/mol. The van der Waals surface area contributed by atoms with Gasteiger partial charge in [0, 0.05) is 11.3 Å². The van der Waals surface area contributed by atoms with E-state index < -0.39 is 0 Å². The van der Waals surface area contributed by atoms with Gasteiger partial charge in [-0.2, -0.15) is 0 Å². The molecule has 0 radical (unpaired) electrons. The number of benzene rings is 1. The van der Waals surface area contributed by atoms with E-state index in [0.717, 1.165) is 6.42 Å².